The fourth-order valence-corrected chi connectivity index (χ4v) is 4.14. The number of aliphatic hydroxyl groups excluding tert-OH is 1. The number of imidazole rings is 1. The zero-order valence-electron chi connectivity index (χ0n) is 23.7. The van der Waals surface area contributed by atoms with Crippen molar-refractivity contribution in [2.24, 2.45) is 5.11 Å². The maximum Gasteiger partial charge on any atom is 0.413 e. The second kappa shape index (κ2) is 12.4. The molecule has 0 saturated carbocycles. The Morgan fingerprint density at radius 2 is 1.98 bits per heavy atom. The van der Waals surface area contributed by atoms with Crippen molar-refractivity contribution in [2.45, 2.75) is 50.6 Å². The highest BCUT2D eigenvalue weighted by atomic mass is 19.1. The summed E-state index contributed by atoms with van der Waals surface area (Å²) in [6, 6.07) is 7.40. The first kappa shape index (κ1) is 32.1. The van der Waals surface area contributed by atoms with Crippen LogP contribution in [0.2, 0.25) is 0 Å². The number of carbonyl (C=O) groups is 3. The van der Waals surface area contributed by atoms with Crippen molar-refractivity contribution in [3.8, 4) is 6.07 Å². The van der Waals surface area contributed by atoms with E-state index in [1.165, 1.54) is 24.3 Å². The summed E-state index contributed by atoms with van der Waals surface area (Å²) in [6.07, 6.45) is -4.39. The van der Waals surface area contributed by atoms with Gasteiger partial charge in [-0.25, -0.2) is 33.7 Å². The molecule has 19 heteroatoms. The molecule has 0 fully saturated rings. The third kappa shape index (κ3) is 6.73. The number of azide groups is 1. The van der Waals surface area contributed by atoms with Crippen LogP contribution in [0, 0.1) is 11.3 Å². The average molecular weight is 626 g/mol. The van der Waals surface area contributed by atoms with E-state index in [9.17, 15) is 29.7 Å². The van der Waals surface area contributed by atoms with Gasteiger partial charge in [0.05, 0.1) is 18.2 Å². The summed E-state index contributed by atoms with van der Waals surface area (Å²) in [7, 11) is 0. The number of fused-ring (bicyclic) bond motifs is 1. The van der Waals surface area contributed by atoms with Gasteiger partial charge in [0.25, 0.3) is 5.60 Å². The van der Waals surface area contributed by atoms with Crippen molar-refractivity contribution in [1.29, 1.82) is 5.26 Å². The standard InChI is InChI=1S/C26H24FN9O9/c1-25(2,3)45-24(42)32-18-16-19(33-23(31-18)34-35-29)36(11-30-16)20-15(27)17(37)14(44-20)10-43-26(21(38)39,22(40)41)8-12-5-4-6-13(7-12)9-28/h4-7,11,14,17,37H,8,10H2,1-3H3,(H,38,39)(H,40,41)(H,31,32,33,42)/t14-,17-/m1/s1. The van der Waals surface area contributed by atoms with E-state index >= 15 is 4.39 Å². The van der Waals surface area contributed by atoms with E-state index in [0.29, 0.717) is 0 Å². The monoisotopic (exact) mass is 625 g/mol. The maximum atomic E-state index is 15.4. The molecule has 0 saturated heterocycles. The van der Waals surface area contributed by atoms with Crippen molar-refractivity contribution >= 4 is 46.8 Å². The fourth-order valence-electron chi connectivity index (χ4n) is 4.14. The van der Waals surface area contributed by atoms with Gasteiger partial charge in [-0.1, -0.05) is 12.1 Å². The average Bonchev–Trinajstić information content (AvgIpc) is 3.50. The predicted molar refractivity (Wildman–Crippen MR) is 148 cm³/mol. The first-order valence-electron chi connectivity index (χ1n) is 12.8. The lowest BCUT2D eigenvalue weighted by atomic mass is 9.93. The molecule has 4 rings (SSSR count). The highest BCUT2D eigenvalue weighted by molar-refractivity contribution is 6.02. The Labute approximate surface area is 251 Å². The first-order valence-corrected chi connectivity index (χ1v) is 12.8. The predicted octanol–water partition coefficient (Wildman–Crippen LogP) is 3.01. The summed E-state index contributed by atoms with van der Waals surface area (Å²) in [5.74, 6) is -6.55. The van der Waals surface area contributed by atoms with E-state index in [1.54, 1.807) is 20.8 Å². The van der Waals surface area contributed by atoms with Gasteiger partial charge in [0.2, 0.25) is 11.8 Å². The molecule has 45 heavy (non-hydrogen) atoms. The summed E-state index contributed by atoms with van der Waals surface area (Å²) in [6.45, 7) is 3.92. The number of rotatable bonds is 10. The molecule has 2 atom stereocenters. The maximum absolute atomic E-state index is 15.4. The number of aliphatic hydroxyl groups is 1. The van der Waals surface area contributed by atoms with E-state index in [4.69, 9.17) is 25.0 Å². The molecule has 1 aliphatic rings. The van der Waals surface area contributed by atoms with Gasteiger partial charge in [0, 0.05) is 11.3 Å². The number of nitriles is 1. The highest BCUT2D eigenvalue weighted by Gasteiger charge is 2.50. The number of carboxylic acid groups (broad SMARTS) is 2. The van der Waals surface area contributed by atoms with Gasteiger partial charge in [-0.15, -0.1) is 0 Å². The molecule has 1 aliphatic heterocycles. The zero-order valence-corrected chi connectivity index (χ0v) is 23.7. The molecule has 4 N–H and O–H groups in total. The van der Waals surface area contributed by atoms with Gasteiger partial charge >= 0.3 is 18.0 Å². The Kier molecular flexibility index (Phi) is 8.86. The second-order valence-corrected chi connectivity index (χ2v) is 10.5. The van der Waals surface area contributed by atoms with Gasteiger partial charge in [0.1, 0.15) is 18.0 Å². The van der Waals surface area contributed by atoms with Crippen LogP contribution in [0.5, 0.6) is 0 Å². The summed E-state index contributed by atoms with van der Waals surface area (Å²) in [5, 5.41) is 45.1. The smallest absolute Gasteiger partial charge is 0.413 e. The minimum absolute atomic E-state index is 0.133. The molecule has 234 valence electrons. The Morgan fingerprint density at radius 3 is 2.60 bits per heavy atom. The number of aromatic nitrogens is 4. The molecule has 3 heterocycles. The van der Waals surface area contributed by atoms with Gasteiger partial charge in [-0.2, -0.15) is 5.26 Å². The summed E-state index contributed by atoms with van der Waals surface area (Å²) in [4.78, 5) is 51.3. The highest BCUT2D eigenvalue weighted by Crippen LogP contribution is 2.34. The Bertz CT molecular complexity index is 1790. The number of hydrogen-bond acceptors (Lipinski definition) is 12. The van der Waals surface area contributed by atoms with Gasteiger partial charge in [0.15, 0.2) is 28.9 Å². The van der Waals surface area contributed by atoms with E-state index < -0.39 is 72.1 Å². The lowest BCUT2D eigenvalue weighted by Gasteiger charge is -2.27. The molecule has 0 unspecified atom stereocenters. The zero-order chi connectivity index (χ0) is 33.1. The van der Waals surface area contributed by atoms with Crippen LogP contribution in [0.25, 0.3) is 27.5 Å². The number of nitrogens with one attached hydrogen (secondary N) is 1. The molecule has 3 aromatic rings. The minimum atomic E-state index is -2.91. The SMILES string of the molecule is CC(C)(C)OC(=O)Nc1nc(N=[N+]=[N-])nc2c1ncn2C1=C(F)[C@H](O)[C@@H](COC(Cc2cccc(C#N)c2)(C(=O)O)C(=O)O)O1. The van der Waals surface area contributed by atoms with E-state index in [1.807, 2.05) is 6.07 Å². The van der Waals surface area contributed by atoms with Crippen LogP contribution >= 0.6 is 0 Å². The molecule has 0 radical (unpaired) electrons. The quantitative estimate of drug-likeness (QED) is 0.109. The minimum Gasteiger partial charge on any atom is -0.479 e. The van der Waals surface area contributed by atoms with E-state index in [0.717, 1.165) is 10.9 Å². The van der Waals surface area contributed by atoms with E-state index in [-0.39, 0.29) is 28.1 Å². The van der Waals surface area contributed by atoms with Crippen LogP contribution in [0.1, 0.15) is 31.9 Å². The topological polar surface area (TPSA) is 268 Å². The van der Waals surface area contributed by atoms with Crippen molar-refractivity contribution in [1.82, 2.24) is 19.5 Å². The number of benzene rings is 1. The van der Waals surface area contributed by atoms with Crippen molar-refractivity contribution in [2.75, 3.05) is 11.9 Å². The fraction of sp³-hybridized carbons (Fsp3) is 0.346. The third-order valence-corrected chi connectivity index (χ3v) is 6.13. The van der Waals surface area contributed by atoms with Gasteiger partial charge in [-0.05, 0) is 49.1 Å². The lowest BCUT2D eigenvalue weighted by Crippen LogP contribution is -2.52. The Morgan fingerprint density at radius 1 is 1.27 bits per heavy atom. The first-order chi connectivity index (χ1) is 21.2. The van der Waals surface area contributed by atoms with Crippen molar-refractivity contribution in [3.05, 3.63) is 58.0 Å². The second-order valence-electron chi connectivity index (χ2n) is 10.5. The van der Waals surface area contributed by atoms with Gasteiger partial charge in [-0.3, -0.25) is 9.88 Å². The number of carboxylic acids is 2. The molecule has 0 bridgehead atoms. The summed E-state index contributed by atoms with van der Waals surface area (Å²) < 4.78 is 32.3. The lowest BCUT2D eigenvalue weighted by molar-refractivity contribution is -0.188. The number of amides is 1. The molecule has 2 aromatic heterocycles. The van der Waals surface area contributed by atoms with Crippen molar-refractivity contribution in [3.63, 3.8) is 0 Å². The normalized spacial score (nSPS) is 16.4. The molecule has 18 nitrogen and oxygen atoms in total. The van der Waals surface area contributed by atoms with Crippen LogP contribution < -0.4 is 5.32 Å². The number of carbonyl (C=O) groups excluding carboxylic acids is 1. The largest absolute Gasteiger partial charge is 0.479 e. The molecular weight excluding hydrogens is 601 g/mol. The summed E-state index contributed by atoms with van der Waals surface area (Å²) >= 11 is 0. The van der Waals surface area contributed by atoms with Crippen LogP contribution in [0.4, 0.5) is 21.0 Å². The molecule has 1 aromatic carbocycles. The van der Waals surface area contributed by atoms with Crippen molar-refractivity contribution < 1.29 is 48.3 Å². The molecule has 1 amide bonds. The molecular formula is C26H24FN9O9. The number of nitrogens with zero attached hydrogens (tertiary/aromatic N) is 8. The van der Waals surface area contributed by atoms with Crippen LogP contribution in [0.15, 0.2) is 41.5 Å². The Balaban J connectivity index is 1.63. The number of ether oxygens (including phenoxy) is 3. The third-order valence-electron chi connectivity index (χ3n) is 6.13. The number of anilines is 1. The Hall–Kier alpha value is -5.83. The number of halogens is 1. The molecule has 0 aliphatic carbocycles. The van der Waals surface area contributed by atoms with Crippen LogP contribution in [-0.4, -0.2) is 82.9 Å². The molecule has 0 spiro atoms. The number of hydrogen-bond donors (Lipinski definition) is 4. The van der Waals surface area contributed by atoms with E-state index in [2.05, 4.69) is 30.3 Å². The summed E-state index contributed by atoms with van der Waals surface area (Å²) in [5.41, 5.74) is 5.00. The van der Waals surface area contributed by atoms with Gasteiger partial charge < -0.3 is 29.5 Å². The number of aliphatic carboxylic acids is 2. The van der Waals surface area contributed by atoms with Crippen LogP contribution in [0.3, 0.4) is 0 Å². The van der Waals surface area contributed by atoms with Crippen LogP contribution in [-0.2, 0) is 30.2 Å².